The summed E-state index contributed by atoms with van der Waals surface area (Å²) in [5, 5.41) is 0. The molecular weight excluding hydrogens is 264 g/mol. The van der Waals surface area contributed by atoms with E-state index in [4.69, 9.17) is 0 Å². The van der Waals surface area contributed by atoms with Crippen LogP contribution in [-0.4, -0.2) is 0 Å². The number of allylic oxidation sites excluding steroid dienone is 2. The van der Waals surface area contributed by atoms with Crippen LogP contribution in [0.25, 0.3) is 0 Å². The molecule has 124 valence electrons. The van der Waals surface area contributed by atoms with Gasteiger partial charge in [-0.3, -0.25) is 0 Å². The van der Waals surface area contributed by atoms with Gasteiger partial charge in [0.05, 0.1) is 0 Å². The average molecular weight is 301 g/mol. The van der Waals surface area contributed by atoms with Gasteiger partial charge in [0.25, 0.3) is 0 Å². The zero-order valence-electron chi connectivity index (χ0n) is 15.3. The minimum Gasteiger partial charge on any atom is -0.0882 e. The molecule has 0 amide bonds. The molecule has 0 radical (unpaired) electrons. The van der Waals surface area contributed by atoms with Crippen molar-refractivity contribution in [1.82, 2.24) is 0 Å². The summed E-state index contributed by atoms with van der Waals surface area (Å²) in [7, 11) is 0. The van der Waals surface area contributed by atoms with Crippen LogP contribution in [0.1, 0.15) is 79.1 Å². The summed E-state index contributed by atoms with van der Waals surface area (Å²) in [5.74, 6) is 6.03. The Kier molecular flexibility index (Phi) is 3.55. The van der Waals surface area contributed by atoms with Crippen molar-refractivity contribution >= 4 is 0 Å². The average Bonchev–Trinajstić information content (AvgIpc) is 2.84. The minimum atomic E-state index is 0.614. The maximum absolute atomic E-state index is 2.68. The summed E-state index contributed by atoms with van der Waals surface area (Å²) in [5.41, 5.74) is 1.30. The van der Waals surface area contributed by atoms with E-state index in [1.54, 1.807) is 6.42 Å². The van der Waals surface area contributed by atoms with Gasteiger partial charge in [0.2, 0.25) is 0 Å². The van der Waals surface area contributed by atoms with Crippen LogP contribution in [0.4, 0.5) is 0 Å². The second-order valence-corrected chi connectivity index (χ2v) is 9.84. The predicted molar refractivity (Wildman–Crippen MR) is 94.6 cm³/mol. The van der Waals surface area contributed by atoms with Crippen LogP contribution in [0.3, 0.4) is 0 Å². The molecule has 0 bridgehead atoms. The molecule has 0 spiro atoms. The van der Waals surface area contributed by atoms with E-state index in [-0.39, 0.29) is 0 Å². The Morgan fingerprint density at radius 2 is 1.73 bits per heavy atom. The van der Waals surface area contributed by atoms with Gasteiger partial charge in [0, 0.05) is 0 Å². The molecule has 8 atom stereocenters. The number of fused-ring (bicyclic) bond motifs is 5. The fraction of sp³-hybridized carbons (Fsp3) is 0.909. The third-order valence-corrected chi connectivity index (χ3v) is 9.27. The van der Waals surface area contributed by atoms with E-state index >= 15 is 0 Å². The molecule has 3 saturated carbocycles. The van der Waals surface area contributed by atoms with Crippen molar-refractivity contribution in [3.63, 3.8) is 0 Å². The molecule has 4 rings (SSSR count). The first kappa shape index (κ1) is 15.3. The molecule has 22 heavy (non-hydrogen) atoms. The van der Waals surface area contributed by atoms with Crippen molar-refractivity contribution in [3.8, 4) is 0 Å². The summed E-state index contributed by atoms with van der Waals surface area (Å²) < 4.78 is 0. The van der Waals surface area contributed by atoms with Gasteiger partial charge in [-0.15, -0.1) is 0 Å². The molecule has 0 N–H and O–H groups in total. The van der Waals surface area contributed by atoms with Gasteiger partial charge < -0.3 is 0 Å². The largest absolute Gasteiger partial charge is 0.0882 e. The normalized spacial score (nSPS) is 57.1. The Labute approximate surface area is 138 Å². The van der Waals surface area contributed by atoms with Crippen LogP contribution in [-0.2, 0) is 0 Å². The van der Waals surface area contributed by atoms with Crippen LogP contribution in [0.15, 0.2) is 12.2 Å². The van der Waals surface area contributed by atoms with Crippen molar-refractivity contribution in [1.29, 1.82) is 0 Å². The van der Waals surface area contributed by atoms with Gasteiger partial charge in [0.15, 0.2) is 0 Å². The molecule has 4 aliphatic rings. The zero-order valence-corrected chi connectivity index (χ0v) is 15.3. The molecule has 0 heteroatoms. The monoisotopic (exact) mass is 300 g/mol. The molecule has 2 unspecified atom stereocenters. The molecule has 4 aliphatic carbocycles. The Hall–Kier alpha value is -0.260. The highest BCUT2D eigenvalue weighted by molar-refractivity contribution is 5.13. The van der Waals surface area contributed by atoms with Crippen LogP contribution in [0.2, 0.25) is 0 Å². The Morgan fingerprint density at radius 1 is 0.955 bits per heavy atom. The van der Waals surface area contributed by atoms with Gasteiger partial charge in [-0.1, -0.05) is 46.3 Å². The standard InChI is InChI=1S/C22H36/c1-5-16-9-10-19-17-14-15(2)18-8-6-7-12-22(18,4)20(17)11-13-21(16,19)3/h6-7,15-20H,5,8-14H2,1-4H3/t15?,16-,17-,18?,19-,20-,21+,22-/m0/s1. The van der Waals surface area contributed by atoms with Crippen LogP contribution in [0.5, 0.6) is 0 Å². The Morgan fingerprint density at radius 3 is 2.50 bits per heavy atom. The van der Waals surface area contributed by atoms with Gasteiger partial charge in [-0.2, -0.15) is 0 Å². The maximum atomic E-state index is 2.68. The maximum Gasteiger partial charge on any atom is -0.0226 e. The van der Waals surface area contributed by atoms with E-state index in [1.807, 2.05) is 0 Å². The lowest BCUT2D eigenvalue weighted by Crippen LogP contribution is -2.54. The van der Waals surface area contributed by atoms with Gasteiger partial charge in [-0.25, -0.2) is 0 Å². The van der Waals surface area contributed by atoms with E-state index in [9.17, 15) is 0 Å². The highest BCUT2D eigenvalue weighted by Crippen LogP contribution is 2.68. The van der Waals surface area contributed by atoms with Crippen molar-refractivity contribution in [3.05, 3.63) is 12.2 Å². The summed E-state index contributed by atoms with van der Waals surface area (Å²) in [6, 6.07) is 0. The predicted octanol–water partition coefficient (Wildman–Crippen LogP) is 6.47. The minimum absolute atomic E-state index is 0.614. The highest BCUT2D eigenvalue weighted by atomic mass is 14.6. The highest BCUT2D eigenvalue weighted by Gasteiger charge is 2.60. The first-order chi connectivity index (χ1) is 10.5. The molecule has 3 fully saturated rings. The summed E-state index contributed by atoms with van der Waals surface area (Å²) in [6.45, 7) is 10.4. The van der Waals surface area contributed by atoms with Crippen molar-refractivity contribution in [2.24, 2.45) is 46.3 Å². The topological polar surface area (TPSA) is 0 Å². The Bertz CT molecular complexity index is 463. The van der Waals surface area contributed by atoms with Gasteiger partial charge in [0.1, 0.15) is 0 Å². The SMILES string of the molecule is CC[C@H]1CC[C@H]2[C@@H]3CC(C)C4CC=CC[C@]4(C)[C@H]3CC[C@]12C. The van der Waals surface area contributed by atoms with Gasteiger partial charge in [-0.05, 0) is 91.3 Å². The molecule has 0 heterocycles. The smallest absolute Gasteiger partial charge is 0.0226 e. The Balaban J connectivity index is 1.68. The summed E-state index contributed by atoms with van der Waals surface area (Å²) in [4.78, 5) is 0. The second kappa shape index (κ2) is 5.12. The zero-order chi connectivity index (χ0) is 15.5. The third-order valence-electron chi connectivity index (χ3n) is 9.27. The third kappa shape index (κ3) is 1.88. The second-order valence-electron chi connectivity index (χ2n) is 9.84. The molecule has 0 saturated heterocycles. The number of rotatable bonds is 1. The fourth-order valence-corrected chi connectivity index (χ4v) is 8.12. The first-order valence-corrected chi connectivity index (χ1v) is 10.2. The molecule has 0 nitrogen and oxygen atoms in total. The molecule has 0 aliphatic heterocycles. The summed E-state index contributed by atoms with van der Waals surface area (Å²) in [6.07, 6.45) is 16.8. The molecule has 0 aromatic heterocycles. The first-order valence-electron chi connectivity index (χ1n) is 10.2. The van der Waals surface area contributed by atoms with Crippen molar-refractivity contribution in [2.45, 2.75) is 79.1 Å². The van der Waals surface area contributed by atoms with Crippen molar-refractivity contribution in [2.75, 3.05) is 0 Å². The van der Waals surface area contributed by atoms with Crippen LogP contribution in [0, 0.1) is 46.3 Å². The lowest BCUT2D eigenvalue weighted by molar-refractivity contribution is -0.117. The molecule has 0 aromatic rings. The summed E-state index contributed by atoms with van der Waals surface area (Å²) >= 11 is 0. The van der Waals surface area contributed by atoms with E-state index < -0.39 is 0 Å². The number of hydrogen-bond donors (Lipinski definition) is 0. The van der Waals surface area contributed by atoms with Crippen LogP contribution < -0.4 is 0 Å². The van der Waals surface area contributed by atoms with Crippen LogP contribution >= 0.6 is 0 Å². The number of hydrogen-bond acceptors (Lipinski definition) is 0. The van der Waals surface area contributed by atoms with E-state index in [0.717, 1.165) is 35.5 Å². The molecule has 0 aromatic carbocycles. The fourth-order valence-electron chi connectivity index (χ4n) is 8.12. The van der Waals surface area contributed by atoms with E-state index in [1.165, 1.54) is 44.9 Å². The van der Waals surface area contributed by atoms with Gasteiger partial charge >= 0.3 is 0 Å². The van der Waals surface area contributed by atoms with Crippen molar-refractivity contribution < 1.29 is 0 Å². The quantitative estimate of drug-likeness (QED) is 0.487. The van der Waals surface area contributed by atoms with E-state index in [2.05, 4.69) is 39.8 Å². The van der Waals surface area contributed by atoms with E-state index in [0.29, 0.717) is 10.8 Å². The molecular formula is C22H36. The lowest BCUT2D eigenvalue weighted by atomic mass is 9.43. The lowest BCUT2D eigenvalue weighted by Gasteiger charge is -2.61.